The molecule has 0 N–H and O–H groups in total. The van der Waals surface area contributed by atoms with Crippen LogP contribution in [0.3, 0.4) is 0 Å². The molecule has 0 aliphatic rings. The van der Waals surface area contributed by atoms with E-state index in [1.165, 1.54) is 11.3 Å². The van der Waals surface area contributed by atoms with Gasteiger partial charge in [0, 0.05) is 11.8 Å². The Morgan fingerprint density at radius 3 is 2.94 bits per heavy atom. The number of aromatic nitrogens is 2. The zero-order valence-electron chi connectivity index (χ0n) is 9.43. The maximum atomic E-state index is 11.9. The predicted molar refractivity (Wildman–Crippen MR) is 68.1 cm³/mol. The van der Waals surface area contributed by atoms with Crippen molar-refractivity contribution in [2.75, 3.05) is 7.11 Å². The minimum absolute atomic E-state index is 0.0380. The number of methoxy groups -OCH3 is 1. The summed E-state index contributed by atoms with van der Waals surface area (Å²) in [5, 5.41) is 0. The molecule has 0 bridgehead atoms. The molecule has 3 aromatic rings. The maximum Gasteiger partial charge on any atom is 0.259 e. The summed E-state index contributed by atoms with van der Waals surface area (Å²) in [6.45, 7) is 1.83. The molecule has 3 rings (SSSR count). The van der Waals surface area contributed by atoms with E-state index < -0.39 is 0 Å². The summed E-state index contributed by atoms with van der Waals surface area (Å²) in [6.07, 6.45) is 0. The summed E-state index contributed by atoms with van der Waals surface area (Å²) in [5.41, 5.74) is 1.58. The largest absolute Gasteiger partial charge is 0.497 e. The van der Waals surface area contributed by atoms with Crippen molar-refractivity contribution in [3.63, 3.8) is 0 Å². The molecular formula is C12H10N2O2S. The van der Waals surface area contributed by atoms with E-state index in [1.54, 1.807) is 17.6 Å². The summed E-state index contributed by atoms with van der Waals surface area (Å²) < 4.78 is 7.80. The van der Waals surface area contributed by atoms with Crippen LogP contribution in [-0.2, 0) is 0 Å². The van der Waals surface area contributed by atoms with Crippen molar-refractivity contribution in [1.82, 2.24) is 9.38 Å². The highest BCUT2D eigenvalue weighted by Gasteiger charge is 2.08. The second kappa shape index (κ2) is 3.56. The van der Waals surface area contributed by atoms with Gasteiger partial charge in [0.1, 0.15) is 5.75 Å². The number of benzene rings is 1. The Kier molecular flexibility index (Phi) is 2.16. The van der Waals surface area contributed by atoms with E-state index in [-0.39, 0.29) is 5.56 Å². The fourth-order valence-electron chi connectivity index (χ4n) is 1.85. The average Bonchev–Trinajstić information content (AvgIpc) is 2.65. The fourth-order valence-corrected chi connectivity index (χ4v) is 2.95. The number of aryl methyl sites for hydroxylation is 1. The first-order chi connectivity index (χ1) is 8.19. The van der Waals surface area contributed by atoms with Gasteiger partial charge in [0.05, 0.1) is 17.3 Å². The van der Waals surface area contributed by atoms with Gasteiger partial charge >= 0.3 is 0 Å². The fraction of sp³-hybridized carbons (Fsp3) is 0.167. The van der Waals surface area contributed by atoms with E-state index in [9.17, 15) is 4.79 Å². The third kappa shape index (κ3) is 1.51. The molecule has 0 radical (unpaired) electrons. The molecule has 0 atom stereocenters. The van der Waals surface area contributed by atoms with Crippen molar-refractivity contribution in [2.45, 2.75) is 6.92 Å². The van der Waals surface area contributed by atoms with E-state index in [4.69, 9.17) is 4.74 Å². The smallest absolute Gasteiger partial charge is 0.259 e. The molecule has 0 fully saturated rings. The van der Waals surface area contributed by atoms with Gasteiger partial charge in [-0.3, -0.25) is 9.20 Å². The van der Waals surface area contributed by atoms with Crippen LogP contribution < -0.4 is 10.3 Å². The summed E-state index contributed by atoms with van der Waals surface area (Å²) in [5.74, 6) is 0.786. The van der Waals surface area contributed by atoms with Crippen LogP contribution in [0.25, 0.3) is 15.2 Å². The Hall–Kier alpha value is -1.88. The van der Waals surface area contributed by atoms with Crippen molar-refractivity contribution < 1.29 is 4.74 Å². The minimum Gasteiger partial charge on any atom is -0.497 e. The molecule has 1 aromatic carbocycles. The van der Waals surface area contributed by atoms with Gasteiger partial charge in [-0.2, -0.15) is 0 Å². The second-order valence-corrected chi connectivity index (χ2v) is 4.80. The monoisotopic (exact) mass is 246 g/mol. The Morgan fingerprint density at radius 1 is 1.35 bits per heavy atom. The molecule has 0 unspecified atom stereocenters. The van der Waals surface area contributed by atoms with E-state index >= 15 is 0 Å². The van der Waals surface area contributed by atoms with Gasteiger partial charge in [0.25, 0.3) is 5.56 Å². The highest BCUT2D eigenvalue weighted by atomic mass is 32.1. The highest BCUT2D eigenvalue weighted by molar-refractivity contribution is 7.23. The van der Waals surface area contributed by atoms with E-state index in [0.717, 1.165) is 26.6 Å². The van der Waals surface area contributed by atoms with E-state index in [0.29, 0.717) is 0 Å². The predicted octanol–water partition coefficient (Wildman–Crippen LogP) is 2.23. The minimum atomic E-state index is -0.0380. The van der Waals surface area contributed by atoms with Crippen LogP contribution >= 0.6 is 11.3 Å². The van der Waals surface area contributed by atoms with Gasteiger partial charge in [-0.25, -0.2) is 4.98 Å². The number of fused-ring (bicyclic) bond motifs is 3. The zero-order valence-corrected chi connectivity index (χ0v) is 10.2. The summed E-state index contributed by atoms with van der Waals surface area (Å²) in [6, 6.07) is 7.20. The Morgan fingerprint density at radius 2 is 2.18 bits per heavy atom. The Balaban J connectivity index is 2.50. The number of hydrogen-bond donors (Lipinski definition) is 0. The molecule has 0 spiro atoms. The lowest BCUT2D eigenvalue weighted by Gasteiger charge is -1.98. The highest BCUT2D eigenvalue weighted by Crippen LogP contribution is 2.27. The zero-order chi connectivity index (χ0) is 12.0. The van der Waals surface area contributed by atoms with Crippen LogP contribution in [0, 0.1) is 6.92 Å². The molecule has 0 saturated carbocycles. The van der Waals surface area contributed by atoms with Crippen molar-refractivity contribution in [1.29, 1.82) is 0 Å². The lowest BCUT2D eigenvalue weighted by molar-refractivity contribution is 0.415. The van der Waals surface area contributed by atoms with Crippen LogP contribution in [0.15, 0.2) is 29.1 Å². The molecule has 0 aliphatic carbocycles. The SMILES string of the molecule is COc1ccc2c(c1)sc1nc(C)cc(=O)n12. The third-order valence-corrected chi connectivity index (χ3v) is 3.63. The second-order valence-electron chi connectivity index (χ2n) is 3.79. The topological polar surface area (TPSA) is 43.6 Å². The van der Waals surface area contributed by atoms with Gasteiger partial charge in [-0.05, 0) is 25.1 Å². The normalized spacial score (nSPS) is 11.2. The van der Waals surface area contributed by atoms with Crippen molar-refractivity contribution in [3.05, 3.63) is 40.3 Å². The van der Waals surface area contributed by atoms with Crippen LogP contribution in [0.5, 0.6) is 5.75 Å². The van der Waals surface area contributed by atoms with Crippen LogP contribution in [0.2, 0.25) is 0 Å². The Labute approximate surface area is 101 Å². The molecule has 17 heavy (non-hydrogen) atoms. The summed E-state index contributed by atoms with van der Waals surface area (Å²) in [4.78, 5) is 17.0. The molecule has 2 heterocycles. The molecule has 0 aliphatic heterocycles. The lowest BCUT2D eigenvalue weighted by Crippen LogP contribution is -2.12. The van der Waals surface area contributed by atoms with Crippen molar-refractivity contribution >= 4 is 26.5 Å². The standard InChI is InChI=1S/C12H10N2O2S/c1-7-5-11(15)14-9-4-3-8(16-2)6-10(9)17-12(14)13-7/h3-6H,1-2H3. The van der Waals surface area contributed by atoms with Gasteiger partial charge in [0.15, 0.2) is 4.96 Å². The van der Waals surface area contributed by atoms with Crippen molar-refractivity contribution in [3.8, 4) is 5.75 Å². The molecule has 86 valence electrons. The Bertz CT molecular complexity index is 773. The molecule has 2 aromatic heterocycles. The number of rotatable bonds is 1. The van der Waals surface area contributed by atoms with Crippen molar-refractivity contribution in [2.24, 2.45) is 0 Å². The number of nitrogens with zero attached hydrogens (tertiary/aromatic N) is 2. The maximum absolute atomic E-state index is 11.9. The van der Waals surface area contributed by atoms with Gasteiger partial charge in [-0.15, -0.1) is 0 Å². The van der Waals surface area contributed by atoms with Gasteiger partial charge < -0.3 is 4.74 Å². The molecule has 0 amide bonds. The van der Waals surface area contributed by atoms with Gasteiger partial charge in [0.2, 0.25) is 0 Å². The first-order valence-corrected chi connectivity index (χ1v) is 5.97. The first-order valence-electron chi connectivity index (χ1n) is 5.16. The molecule has 5 heteroatoms. The molecule has 0 saturated heterocycles. The molecule has 4 nitrogen and oxygen atoms in total. The van der Waals surface area contributed by atoms with Crippen LogP contribution in [0.1, 0.15) is 5.69 Å². The number of thiazole rings is 1. The van der Waals surface area contributed by atoms with Gasteiger partial charge in [-0.1, -0.05) is 11.3 Å². The summed E-state index contributed by atoms with van der Waals surface area (Å²) in [7, 11) is 1.63. The average molecular weight is 246 g/mol. The van der Waals surface area contributed by atoms with Crippen LogP contribution in [0.4, 0.5) is 0 Å². The van der Waals surface area contributed by atoms with Crippen LogP contribution in [-0.4, -0.2) is 16.5 Å². The van der Waals surface area contributed by atoms with E-state index in [1.807, 2.05) is 25.1 Å². The number of ether oxygens (including phenoxy) is 1. The summed E-state index contributed by atoms with van der Waals surface area (Å²) >= 11 is 1.49. The third-order valence-electron chi connectivity index (χ3n) is 2.63. The number of hydrogen-bond acceptors (Lipinski definition) is 4. The lowest BCUT2D eigenvalue weighted by atomic mass is 10.3. The molecular weight excluding hydrogens is 236 g/mol. The van der Waals surface area contributed by atoms with E-state index in [2.05, 4.69) is 4.98 Å². The first kappa shape index (κ1) is 10.3. The quantitative estimate of drug-likeness (QED) is 0.661.